The van der Waals surface area contributed by atoms with Gasteiger partial charge >= 0.3 is 0 Å². The number of carbonyl (C=O) groups excluding carboxylic acids is 2. The molecule has 0 atom stereocenters. The number of carbonyl (C=O) groups is 2. The van der Waals surface area contributed by atoms with Gasteiger partial charge in [0.1, 0.15) is 5.52 Å². The summed E-state index contributed by atoms with van der Waals surface area (Å²) in [5, 5.41) is 0. The number of pyridine rings is 2. The molecule has 0 radical (unpaired) electrons. The molecule has 3 rings (SSSR count). The fourth-order valence-corrected chi connectivity index (χ4v) is 2.00. The molecule has 3 aromatic rings. The zero-order chi connectivity index (χ0) is 14.8. The van der Waals surface area contributed by atoms with E-state index in [0.29, 0.717) is 22.4 Å². The summed E-state index contributed by atoms with van der Waals surface area (Å²) < 4.78 is 5.50. The molecular weight excluding hydrogens is 270 g/mol. The maximum absolute atomic E-state index is 12.3. The minimum atomic E-state index is -0.460. The minimum absolute atomic E-state index is 0.0504. The molecule has 0 unspecified atom stereocenters. The molecule has 6 nitrogen and oxygen atoms in total. The molecule has 2 N–H and O–H groups in total. The lowest BCUT2D eigenvalue weighted by atomic mass is 10.1. The third-order valence-electron chi connectivity index (χ3n) is 2.95. The van der Waals surface area contributed by atoms with Crippen molar-refractivity contribution in [3.8, 4) is 0 Å². The van der Waals surface area contributed by atoms with Gasteiger partial charge in [0.2, 0.25) is 11.7 Å². The number of nitrogens with two attached hydrogens (primary N) is 1. The number of ketones is 1. The van der Waals surface area contributed by atoms with Crippen LogP contribution in [0.1, 0.15) is 21.8 Å². The van der Waals surface area contributed by atoms with Crippen molar-refractivity contribution in [2.24, 2.45) is 5.73 Å². The molecule has 104 valence electrons. The summed E-state index contributed by atoms with van der Waals surface area (Å²) in [5.74, 6) is -0.509. The first-order valence-corrected chi connectivity index (χ1v) is 6.26. The number of hydrogen-bond donors (Lipinski definition) is 1. The Hall–Kier alpha value is -3.02. The number of aromatic nitrogens is 2. The molecule has 0 saturated heterocycles. The number of primary amides is 1. The Morgan fingerprint density at radius 1 is 1.14 bits per heavy atom. The minimum Gasteiger partial charge on any atom is -0.451 e. The van der Waals surface area contributed by atoms with Gasteiger partial charge in [0.15, 0.2) is 11.3 Å². The van der Waals surface area contributed by atoms with Crippen LogP contribution in [0.3, 0.4) is 0 Å². The third-order valence-corrected chi connectivity index (χ3v) is 2.95. The average molecular weight is 281 g/mol. The normalized spacial score (nSPS) is 10.7. The van der Waals surface area contributed by atoms with Crippen molar-refractivity contribution in [2.45, 2.75) is 6.42 Å². The second kappa shape index (κ2) is 5.16. The van der Waals surface area contributed by atoms with Crippen molar-refractivity contribution in [1.29, 1.82) is 0 Å². The predicted octanol–water partition coefficient (Wildman–Crippen LogP) is 1.48. The highest BCUT2D eigenvalue weighted by Crippen LogP contribution is 2.20. The monoisotopic (exact) mass is 281 g/mol. The van der Waals surface area contributed by atoms with Gasteiger partial charge in [-0.3, -0.25) is 14.6 Å². The maximum atomic E-state index is 12.3. The number of hydrogen-bond acceptors (Lipinski definition) is 5. The van der Waals surface area contributed by atoms with E-state index in [2.05, 4.69) is 9.97 Å². The number of amides is 1. The molecule has 0 aliphatic heterocycles. The summed E-state index contributed by atoms with van der Waals surface area (Å²) in [6.07, 6.45) is 3.13. The second-order valence-electron chi connectivity index (χ2n) is 4.50. The molecule has 0 spiro atoms. The average Bonchev–Trinajstić information content (AvgIpc) is 2.90. The Labute approximate surface area is 119 Å². The van der Waals surface area contributed by atoms with Crippen LogP contribution in [0.25, 0.3) is 11.1 Å². The second-order valence-corrected chi connectivity index (χ2v) is 4.50. The zero-order valence-electron chi connectivity index (χ0n) is 10.9. The Bertz CT molecular complexity index is 825. The molecule has 0 bridgehead atoms. The van der Waals surface area contributed by atoms with E-state index in [4.69, 9.17) is 10.2 Å². The van der Waals surface area contributed by atoms with Gasteiger partial charge in [-0.2, -0.15) is 0 Å². The van der Waals surface area contributed by atoms with Crippen LogP contribution in [0.2, 0.25) is 0 Å². The molecule has 0 aliphatic carbocycles. The third kappa shape index (κ3) is 2.64. The first-order chi connectivity index (χ1) is 10.1. The summed E-state index contributed by atoms with van der Waals surface area (Å²) in [6, 6.07) is 8.10. The Balaban J connectivity index is 1.97. The van der Waals surface area contributed by atoms with Crippen LogP contribution in [0.5, 0.6) is 0 Å². The molecule has 3 heterocycles. The number of furan rings is 1. The van der Waals surface area contributed by atoms with Gasteiger partial charge in [-0.15, -0.1) is 0 Å². The molecule has 0 fully saturated rings. The number of rotatable bonds is 4. The standard InChI is InChI=1S/C15H11N3O3/c16-14(19)7-10-1-2-12-11(18-10)8-13(21-12)15(20)9-3-5-17-6-4-9/h1-6,8H,7H2,(H2,16,19). The van der Waals surface area contributed by atoms with Crippen molar-refractivity contribution in [3.63, 3.8) is 0 Å². The fourth-order valence-electron chi connectivity index (χ4n) is 2.00. The van der Waals surface area contributed by atoms with Gasteiger partial charge in [-0.25, -0.2) is 4.98 Å². The highest BCUT2D eigenvalue weighted by atomic mass is 16.3. The summed E-state index contributed by atoms with van der Waals surface area (Å²) in [7, 11) is 0. The number of nitrogens with zero attached hydrogens (tertiary/aromatic N) is 2. The fraction of sp³-hybridized carbons (Fsp3) is 0.0667. The van der Waals surface area contributed by atoms with Gasteiger partial charge in [0, 0.05) is 24.0 Å². The SMILES string of the molecule is NC(=O)Cc1ccc2oc(C(=O)c3ccncc3)cc2n1. The predicted molar refractivity (Wildman–Crippen MR) is 74.6 cm³/mol. The lowest BCUT2D eigenvalue weighted by molar-refractivity contribution is -0.117. The molecule has 0 aromatic carbocycles. The summed E-state index contributed by atoms with van der Waals surface area (Å²) in [4.78, 5) is 31.3. The summed E-state index contributed by atoms with van der Waals surface area (Å²) in [6.45, 7) is 0. The van der Waals surface area contributed by atoms with Crippen LogP contribution in [0.15, 0.2) is 47.1 Å². The summed E-state index contributed by atoms with van der Waals surface area (Å²) >= 11 is 0. The molecule has 1 amide bonds. The van der Waals surface area contributed by atoms with Gasteiger partial charge in [0.05, 0.1) is 12.1 Å². The van der Waals surface area contributed by atoms with E-state index in [-0.39, 0.29) is 18.0 Å². The molecule has 6 heteroatoms. The lowest BCUT2D eigenvalue weighted by Crippen LogP contribution is -2.14. The highest BCUT2D eigenvalue weighted by molar-refractivity contribution is 6.08. The largest absolute Gasteiger partial charge is 0.451 e. The van der Waals surface area contributed by atoms with Gasteiger partial charge in [-0.05, 0) is 24.3 Å². The Kier molecular flexibility index (Phi) is 3.19. The molecular formula is C15H11N3O3. The van der Waals surface area contributed by atoms with E-state index in [1.54, 1.807) is 42.7 Å². The van der Waals surface area contributed by atoms with Crippen LogP contribution in [0, 0.1) is 0 Å². The van der Waals surface area contributed by atoms with Crippen molar-refractivity contribution < 1.29 is 14.0 Å². The van der Waals surface area contributed by atoms with E-state index in [0.717, 1.165) is 0 Å². The van der Waals surface area contributed by atoms with Gasteiger partial charge in [0.25, 0.3) is 0 Å². The van der Waals surface area contributed by atoms with E-state index >= 15 is 0 Å². The molecule has 0 aliphatic rings. The quantitative estimate of drug-likeness (QED) is 0.730. The first-order valence-electron chi connectivity index (χ1n) is 6.26. The van der Waals surface area contributed by atoms with Crippen molar-refractivity contribution in [3.05, 3.63) is 59.7 Å². The van der Waals surface area contributed by atoms with Crippen molar-refractivity contribution in [1.82, 2.24) is 9.97 Å². The highest BCUT2D eigenvalue weighted by Gasteiger charge is 2.15. The summed E-state index contributed by atoms with van der Waals surface area (Å²) in [5.41, 5.74) is 7.17. The van der Waals surface area contributed by atoms with Crippen LogP contribution in [-0.4, -0.2) is 21.7 Å². The zero-order valence-corrected chi connectivity index (χ0v) is 10.9. The van der Waals surface area contributed by atoms with Crippen LogP contribution >= 0.6 is 0 Å². The van der Waals surface area contributed by atoms with E-state index in [1.807, 2.05) is 0 Å². The first kappa shape index (κ1) is 13.0. The molecule has 0 saturated carbocycles. The Morgan fingerprint density at radius 3 is 2.62 bits per heavy atom. The maximum Gasteiger partial charge on any atom is 0.228 e. The van der Waals surface area contributed by atoms with Gasteiger partial charge < -0.3 is 10.2 Å². The van der Waals surface area contributed by atoms with E-state index in [1.165, 1.54) is 0 Å². The topological polar surface area (TPSA) is 99.1 Å². The van der Waals surface area contributed by atoms with Crippen molar-refractivity contribution in [2.75, 3.05) is 0 Å². The van der Waals surface area contributed by atoms with Crippen LogP contribution in [0.4, 0.5) is 0 Å². The van der Waals surface area contributed by atoms with E-state index < -0.39 is 5.91 Å². The van der Waals surface area contributed by atoms with E-state index in [9.17, 15) is 9.59 Å². The van der Waals surface area contributed by atoms with Crippen LogP contribution < -0.4 is 5.73 Å². The molecule has 3 aromatic heterocycles. The Morgan fingerprint density at radius 2 is 1.90 bits per heavy atom. The van der Waals surface area contributed by atoms with Crippen molar-refractivity contribution >= 4 is 22.8 Å². The van der Waals surface area contributed by atoms with Gasteiger partial charge in [-0.1, -0.05) is 0 Å². The smallest absolute Gasteiger partial charge is 0.228 e. The molecule has 21 heavy (non-hydrogen) atoms. The van der Waals surface area contributed by atoms with Crippen LogP contribution in [-0.2, 0) is 11.2 Å². The number of fused-ring (bicyclic) bond motifs is 1. The lowest BCUT2D eigenvalue weighted by Gasteiger charge is -1.95.